The Morgan fingerprint density at radius 2 is 1.37 bits per heavy atom. The summed E-state index contributed by atoms with van der Waals surface area (Å²) in [4.78, 5) is 4.86. The molecular weight excluding hydrogens is 577 g/mol. The molecule has 1 aliphatic rings. The summed E-state index contributed by atoms with van der Waals surface area (Å²) >= 11 is 1.75. The summed E-state index contributed by atoms with van der Waals surface area (Å²) in [6.45, 7) is 20.2. The van der Waals surface area contributed by atoms with Gasteiger partial charge in [-0.2, -0.15) is 6.67 Å². The molecule has 30 heavy (non-hydrogen) atoms. The molecule has 1 fully saturated rings. The number of hydrogen-bond donors (Lipinski definition) is 0. The van der Waals surface area contributed by atoms with E-state index in [0.717, 1.165) is 26.2 Å². The number of halogens is 1. The van der Waals surface area contributed by atoms with Crippen molar-refractivity contribution in [1.82, 2.24) is 0 Å². The Morgan fingerprint density at radius 3 is 1.83 bits per heavy atom. The van der Waals surface area contributed by atoms with Crippen LogP contribution in [0, 0.1) is 48.2 Å². The van der Waals surface area contributed by atoms with Gasteiger partial charge >= 0.3 is 29.2 Å². The van der Waals surface area contributed by atoms with E-state index in [1.165, 1.54) is 44.8 Å². The minimum atomic E-state index is 0.312. The van der Waals surface area contributed by atoms with E-state index in [1.54, 1.807) is 20.0 Å². The van der Waals surface area contributed by atoms with E-state index < -0.39 is 0 Å². The molecule has 3 rings (SSSR count). The molecule has 0 bridgehead atoms. The number of benzene rings is 2. The number of anilines is 2. The van der Waals surface area contributed by atoms with Gasteiger partial charge in [0.2, 0.25) is 0 Å². The third-order valence-corrected chi connectivity index (χ3v) is 5.54. The van der Waals surface area contributed by atoms with Crippen LogP contribution in [-0.2, 0) is 24.7 Å². The fraction of sp³-hybridized carbons (Fsp3) is 0.480. The molecule has 1 saturated heterocycles. The molecule has 0 N–H and O–H groups in total. The number of rotatable bonds is 6. The number of ether oxygens (including phenoxy) is 1. The van der Waals surface area contributed by atoms with Crippen molar-refractivity contribution < 1.29 is 24.7 Å². The molecule has 1 aliphatic heterocycles. The van der Waals surface area contributed by atoms with Crippen LogP contribution in [0.2, 0.25) is 0 Å². The summed E-state index contributed by atoms with van der Waals surface area (Å²) < 4.78 is 6.00. The molecule has 3 nitrogen and oxygen atoms in total. The molecule has 5 heteroatoms. The van der Waals surface area contributed by atoms with Crippen LogP contribution in [0.15, 0.2) is 24.3 Å². The van der Waals surface area contributed by atoms with E-state index in [1.807, 2.05) is 0 Å². The second kappa shape index (κ2) is 11.6. The first-order valence-electron chi connectivity index (χ1n) is 10.6. The van der Waals surface area contributed by atoms with Gasteiger partial charge in [0.25, 0.3) is 0 Å². The Morgan fingerprint density at radius 1 is 0.900 bits per heavy atom. The summed E-state index contributed by atoms with van der Waals surface area (Å²) in [5.74, 6) is 0. The molecule has 2 aromatic rings. The molecule has 0 saturated carbocycles. The Labute approximate surface area is 199 Å². The molecule has 170 valence electrons. The summed E-state index contributed by atoms with van der Waals surface area (Å²) in [6.07, 6.45) is 1.05. The molecule has 0 amide bonds. The van der Waals surface area contributed by atoms with Crippen LogP contribution in [0.1, 0.15) is 46.7 Å². The first kappa shape index (κ1) is 25.3. The summed E-state index contributed by atoms with van der Waals surface area (Å²) in [7, 11) is 4.58. The van der Waals surface area contributed by atoms with Crippen molar-refractivity contribution in [3.05, 3.63) is 64.3 Å². The quantitative estimate of drug-likeness (QED) is 0.212. The van der Waals surface area contributed by atoms with Gasteiger partial charge < -0.3 is 14.5 Å². The van der Waals surface area contributed by atoms with Gasteiger partial charge in [-0.3, -0.25) is 0 Å². The van der Waals surface area contributed by atoms with Gasteiger partial charge in [-0.15, -0.1) is 0 Å². The van der Waals surface area contributed by atoms with E-state index in [0.29, 0.717) is 6.04 Å². The van der Waals surface area contributed by atoms with Crippen molar-refractivity contribution in [2.24, 2.45) is 0 Å². The summed E-state index contributed by atoms with van der Waals surface area (Å²) in [5.41, 5.74) is 10.6. The molecule has 0 aliphatic carbocycles. The Kier molecular flexibility index (Phi) is 9.77. The van der Waals surface area contributed by atoms with Crippen molar-refractivity contribution in [1.29, 1.82) is 0 Å². The zero-order valence-corrected chi connectivity index (χ0v) is 22.2. The van der Waals surface area contributed by atoms with Gasteiger partial charge in [0, 0.05) is 30.6 Å². The van der Waals surface area contributed by atoms with Gasteiger partial charge in [-0.1, -0.05) is 42.3 Å². The van der Waals surface area contributed by atoms with Crippen LogP contribution in [-0.4, -0.2) is 25.8 Å². The second-order valence-electron chi connectivity index (χ2n) is 8.40. The van der Waals surface area contributed by atoms with Gasteiger partial charge in [-0.05, 0) is 70.2 Å². The second-order valence-corrected chi connectivity index (χ2v) is 8.40. The Hall–Kier alpha value is -0.970. The fourth-order valence-electron chi connectivity index (χ4n) is 4.70. The normalized spacial score (nSPS) is 16.0. The third-order valence-electron chi connectivity index (χ3n) is 5.54. The molecule has 1 heterocycles. The standard InChI is InChI=1S/C25H35N2O.Au.ClH/c1-8-9-28-15-23-14-26(24-19(4)10-17(2)11-20(24)5)16-27(23)25-21(6)12-18(3)13-22(25)7;;/h10-13,16,23H,8-9,14-15H2,1-7H3;;1H/q-1;+1;/p-1. The van der Waals surface area contributed by atoms with Crippen molar-refractivity contribution >= 4 is 20.6 Å². The van der Waals surface area contributed by atoms with E-state index >= 15 is 0 Å². The zero-order valence-electron chi connectivity index (χ0n) is 19.3. The predicted molar refractivity (Wildman–Crippen MR) is 126 cm³/mol. The molecule has 0 spiro atoms. The van der Waals surface area contributed by atoms with Crippen LogP contribution in [0.3, 0.4) is 0 Å². The van der Waals surface area contributed by atoms with E-state index in [4.69, 9.17) is 4.74 Å². The molecule has 2 aromatic carbocycles. The van der Waals surface area contributed by atoms with Crippen LogP contribution in [0.4, 0.5) is 11.4 Å². The SMILES string of the molecule is CCCOCC1CN(c2c(C)cc(C)cc2C)[CH-]N1c1c(C)cc(C)cc1C.[Cl][Au]. The average Bonchev–Trinajstić information content (AvgIpc) is 3.05. The molecule has 1 unspecified atom stereocenters. The summed E-state index contributed by atoms with van der Waals surface area (Å²) in [6, 6.07) is 9.44. The first-order valence-corrected chi connectivity index (χ1v) is 13.2. The van der Waals surface area contributed by atoms with Crippen LogP contribution in [0.5, 0.6) is 0 Å². The van der Waals surface area contributed by atoms with Crippen molar-refractivity contribution in [2.45, 2.75) is 60.9 Å². The van der Waals surface area contributed by atoms with Crippen LogP contribution < -0.4 is 9.80 Å². The van der Waals surface area contributed by atoms with Gasteiger partial charge in [0.15, 0.2) is 0 Å². The van der Waals surface area contributed by atoms with Crippen molar-refractivity contribution in [3.8, 4) is 0 Å². The monoisotopic (exact) mass is 611 g/mol. The van der Waals surface area contributed by atoms with Crippen molar-refractivity contribution in [2.75, 3.05) is 29.6 Å². The van der Waals surface area contributed by atoms with Crippen LogP contribution >= 0.6 is 9.19 Å². The molecule has 0 radical (unpaired) electrons. The number of aryl methyl sites for hydroxylation is 6. The average molecular weight is 612 g/mol. The number of hydrogen-bond acceptors (Lipinski definition) is 3. The first-order chi connectivity index (χ1) is 14.3. The van der Waals surface area contributed by atoms with Gasteiger partial charge in [-0.25, -0.2) is 0 Å². The van der Waals surface area contributed by atoms with E-state index in [9.17, 15) is 0 Å². The molecular formula is C25H35AuClN2O-. The van der Waals surface area contributed by atoms with E-state index in [2.05, 4.69) is 98.4 Å². The summed E-state index contributed by atoms with van der Waals surface area (Å²) in [5, 5.41) is 0. The van der Waals surface area contributed by atoms with Gasteiger partial charge in [0.05, 0.1) is 6.61 Å². The zero-order chi connectivity index (χ0) is 22.4. The number of nitrogens with zero attached hydrogens (tertiary/aromatic N) is 2. The maximum absolute atomic E-state index is 6.00. The maximum atomic E-state index is 6.00. The Balaban J connectivity index is 0.00000155. The third kappa shape index (κ3) is 5.83. The molecule has 1 atom stereocenters. The molecule has 0 aromatic heterocycles. The predicted octanol–water partition coefficient (Wildman–Crippen LogP) is 6.47. The van der Waals surface area contributed by atoms with E-state index in [-0.39, 0.29) is 0 Å². The topological polar surface area (TPSA) is 15.7 Å². The van der Waals surface area contributed by atoms with Crippen molar-refractivity contribution in [3.63, 3.8) is 0 Å². The minimum absolute atomic E-state index is 0.312. The van der Waals surface area contributed by atoms with Gasteiger partial charge in [0.1, 0.15) is 0 Å². The fourth-order valence-corrected chi connectivity index (χ4v) is 4.70. The Bertz CT molecular complexity index is 809. The van der Waals surface area contributed by atoms with Crippen LogP contribution in [0.25, 0.3) is 0 Å².